The number of rotatable bonds is 4. The molecule has 108 valence electrons. The quantitative estimate of drug-likeness (QED) is 0.798. The first-order valence-corrected chi connectivity index (χ1v) is 6.98. The highest BCUT2D eigenvalue weighted by Gasteiger charge is 1.95. The van der Waals surface area contributed by atoms with Gasteiger partial charge in [-0.25, -0.2) is 0 Å². The molecule has 0 aromatic heterocycles. The number of hydrogen-bond donors (Lipinski definition) is 2. The molecule has 1 rings (SSSR count). The third kappa shape index (κ3) is 24.3. The number of carboxylic acid groups (broad SMARTS) is 2. The van der Waals surface area contributed by atoms with Crippen molar-refractivity contribution >= 4 is 11.9 Å². The Morgan fingerprint density at radius 3 is 1.00 bits per heavy atom. The van der Waals surface area contributed by atoms with Crippen LogP contribution in [0.15, 0.2) is 0 Å². The molecule has 0 amide bonds. The van der Waals surface area contributed by atoms with Crippen molar-refractivity contribution in [3.8, 4) is 0 Å². The first kappa shape index (κ1) is 19.3. The van der Waals surface area contributed by atoms with Crippen molar-refractivity contribution in [2.24, 2.45) is 0 Å². The van der Waals surface area contributed by atoms with Gasteiger partial charge in [-0.15, -0.1) is 0 Å². The Balaban J connectivity index is 0. The maximum absolute atomic E-state index is 9.60. The van der Waals surface area contributed by atoms with E-state index in [2.05, 4.69) is 0 Å². The SMILES string of the molecule is C1CCCCC1.CCCC(=O)O.CCCC(=O)O. The zero-order valence-corrected chi connectivity index (χ0v) is 11.8. The number of carbonyl (C=O) groups is 2. The summed E-state index contributed by atoms with van der Waals surface area (Å²) in [7, 11) is 0. The lowest BCUT2D eigenvalue weighted by Crippen LogP contribution is -1.90. The molecular formula is C14H28O4. The summed E-state index contributed by atoms with van der Waals surface area (Å²) in [6.45, 7) is 3.68. The van der Waals surface area contributed by atoms with Gasteiger partial charge in [0, 0.05) is 12.8 Å². The van der Waals surface area contributed by atoms with Crippen LogP contribution in [0, 0.1) is 0 Å². The molecule has 1 aliphatic carbocycles. The van der Waals surface area contributed by atoms with Gasteiger partial charge in [0.25, 0.3) is 0 Å². The molecule has 0 aliphatic heterocycles. The van der Waals surface area contributed by atoms with Crippen LogP contribution in [0.2, 0.25) is 0 Å². The van der Waals surface area contributed by atoms with E-state index < -0.39 is 11.9 Å². The second kappa shape index (κ2) is 15.9. The number of hydrogen-bond acceptors (Lipinski definition) is 2. The molecule has 0 saturated heterocycles. The van der Waals surface area contributed by atoms with Crippen LogP contribution in [-0.4, -0.2) is 22.2 Å². The monoisotopic (exact) mass is 260 g/mol. The van der Waals surface area contributed by atoms with Crippen LogP contribution in [0.3, 0.4) is 0 Å². The van der Waals surface area contributed by atoms with E-state index in [0.717, 1.165) is 12.8 Å². The van der Waals surface area contributed by atoms with Crippen LogP contribution in [0.4, 0.5) is 0 Å². The van der Waals surface area contributed by atoms with Crippen molar-refractivity contribution in [3.05, 3.63) is 0 Å². The van der Waals surface area contributed by atoms with E-state index in [4.69, 9.17) is 10.2 Å². The topological polar surface area (TPSA) is 74.6 Å². The minimum atomic E-state index is -0.711. The zero-order chi connectivity index (χ0) is 14.2. The molecule has 1 saturated carbocycles. The van der Waals surface area contributed by atoms with Gasteiger partial charge in [-0.2, -0.15) is 0 Å². The molecule has 0 spiro atoms. The third-order valence-electron chi connectivity index (χ3n) is 2.43. The van der Waals surface area contributed by atoms with Gasteiger partial charge in [-0.05, 0) is 12.8 Å². The maximum atomic E-state index is 9.60. The molecule has 1 aliphatic rings. The van der Waals surface area contributed by atoms with Crippen molar-refractivity contribution in [2.45, 2.75) is 78.1 Å². The van der Waals surface area contributed by atoms with E-state index >= 15 is 0 Å². The zero-order valence-electron chi connectivity index (χ0n) is 11.8. The molecule has 0 atom stereocenters. The van der Waals surface area contributed by atoms with E-state index in [9.17, 15) is 9.59 Å². The van der Waals surface area contributed by atoms with Gasteiger partial charge >= 0.3 is 11.9 Å². The highest BCUT2D eigenvalue weighted by Crippen LogP contribution is 2.15. The van der Waals surface area contributed by atoms with Gasteiger partial charge in [0.1, 0.15) is 0 Å². The predicted octanol–water partition coefficient (Wildman–Crippen LogP) is 4.08. The van der Waals surface area contributed by atoms with E-state index in [1.54, 1.807) is 0 Å². The number of aliphatic carboxylic acids is 2. The summed E-state index contributed by atoms with van der Waals surface area (Å²) in [6.07, 6.45) is 11.0. The Morgan fingerprint density at radius 1 is 0.722 bits per heavy atom. The van der Waals surface area contributed by atoms with Crippen LogP contribution in [-0.2, 0) is 9.59 Å². The largest absolute Gasteiger partial charge is 0.481 e. The predicted molar refractivity (Wildman–Crippen MR) is 72.8 cm³/mol. The molecule has 1 fully saturated rings. The highest BCUT2D eigenvalue weighted by atomic mass is 16.4. The van der Waals surface area contributed by atoms with Crippen molar-refractivity contribution in [1.29, 1.82) is 0 Å². The van der Waals surface area contributed by atoms with E-state index in [1.165, 1.54) is 38.5 Å². The molecule has 0 radical (unpaired) electrons. The Kier molecular flexibility index (Phi) is 17.1. The van der Waals surface area contributed by atoms with Crippen LogP contribution in [0.1, 0.15) is 78.1 Å². The van der Waals surface area contributed by atoms with Gasteiger partial charge in [0.2, 0.25) is 0 Å². The van der Waals surface area contributed by atoms with Crippen molar-refractivity contribution < 1.29 is 19.8 Å². The standard InChI is InChI=1S/C6H12.2C4H8O2/c1-2-4-6-5-3-1;2*1-2-3-4(5)6/h1-6H2;2*2-3H2,1H3,(H,5,6). The lowest BCUT2D eigenvalue weighted by molar-refractivity contribution is -0.138. The number of carboxylic acids is 2. The molecule has 0 aromatic rings. The molecule has 0 unspecified atom stereocenters. The summed E-state index contributed by atoms with van der Waals surface area (Å²) in [5.41, 5.74) is 0. The summed E-state index contributed by atoms with van der Waals surface area (Å²) >= 11 is 0. The average Bonchev–Trinajstić information content (AvgIpc) is 2.32. The van der Waals surface area contributed by atoms with Gasteiger partial charge in [-0.1, -0.05) is 52.4 Å². The molecule has 2 N–H and O–H groups in total. The maximum Gasteiger partial charge on any atom is 0.303 e. The summed E-state index contributed by atoms with van der Waals surface area (Å²) in [5.74, 6) is -1.42. The Labute approximate surface area is 110 Å². The first-order chi connectivity index (χ1) is 8.54. The van der Waals surface area contributed by atoms with E-state index in [0.29, 0.717) is 12.8 Å². The highest BCUT2D eigenvalue weighted by molar-refractivity contribution is 5.66. The van der Waals surface area contributed by atoms with Crippen molar-refractivity contribution in [1.82, 2.24) is 0 Å². The van der Waals surface area contributed by atoms with Crippen molar-refractivity contribution in [3.63, 3.8) is 0 Å². The Morgan fingerprint density at radius 2 is 0.944 bits per heavy atom. The third-order valence-corrected chi connectivity index (χ3v) is 2.43. The minimum absolute atomic E-state index is 0.292. The molecule has 18 heavy (non-hydrogen) atoms. The first-order valence-electron chi connectivity index (χ1n) is 6.98. The lowest BCUT2D eigenvalue weighted by Gasteiger charge is -2.05. The van der Waals surface area contributed by atoms with Crippen LogP contribution in [0.25, 0.3) is 0 Å². The molecule has 0 aromatic carbocycles. The molecule has 4 heteroatoms. The minimum Gasteiger partial charge on any atom is -0.481 e. The van der Waals surface area contributed by atoms with Gasteiger partial charge in [0.05, 0.1) is 0 Å². The Bertz CT molecular complexity index is 170. The fourth-order valence-corrected chi connectivity index (χ4v) is 1.49. The summed E-state index contributed by atoms with van der Waals surface area (Å²) in [5, 5.41) is 15.8. The van der Waals surface area contributed by atoms with Gasteiger partial charge < -0.3 is 10.2 Å². The molecule has 0 bridgehead atoms. The van der Waals surface area contributed by atoms with E-state index in [-0.39, 0.29) is 0 Å². The normalized spacial score (nSPS) is 13.4. The molecule has 0 heterocycles. The average molecular weight is 260 g/mol. The van der Waals surface area contributed by atoms with Crippen LogP contribution in [0.5, 0.6) is 0 Å². The van der Waals surface area contributed by atoms with Gasteiger partial charge in [0.15, 0.2) is 0 Å². The fraction of sp³-hybridized carbons (Fsp3) is 0.857. The van der Waals surface area contributed by atoms with Gasteiger partial charge in [-0.3, -0.25) is 9.59 Å². The summed E-state index contributed by atoms with van der Waals surface area (Å²) in [6, 6.07) is 0. The summed E-state index contributed by atoms with van der Waals surface area (Å²) in [4.78, 5) is 19.2. The van der Waals surface area contributed by atoms with Crippen molar-refractivity contribution in [2.75, 3.05) is 0 Å². The van der Waals surface area contributed by atoms with Crippen LogP contribution < -0.4 is 0 Å². The van der Waals surface area contributed by atoms with E-state index in [1.807, 2.05) is 13.8 Å². The lowest BCUT2D eigenvalue weighted by atomic mass is 10.0. The second-order valence-electron chi connectivity index (χ2n) is 4.41. The smallest absolute Gasteiger partial charge is 0.303 e. The second-order valence-corrected chi connectivity index (χ2v) is 4.41. The summed E-state index contributed by atoms with van der Waals surface area (Å²) < 4.78 is 0. The Hall–Kier alpha value is -1.06. The fourth-order valence-electron chi connectivity index (χ4n) is 1.49. The van der Waals surface area contributed by atoms with Crippen LogP contribution >= 0.6 is 0 Å². The molecule has 4 nitrogen and oxygen atoms in total. The molecular weight excluding hydrogens is 232 g/mol.